The van der Waals surface area contributed by atoms with E-state index in [0.29, 0.717) is 15.8 Å². The van der Waals surface area contributed by atoms with Crippen molar-refractivity contribution in [2.24, 2.45) is 0 Å². The number of aromatic amines is 1. The van der Waals surface area contributed by atoms with Crippen molar-refractivity contribution < 1.29 is 14.6 Å². The lowest BCUT2D eigenvalue weighted by molar-refractivity contribution is 0.0687. The second-order valence-corrected chi connectivity index (χ2v) is 5.78. The Morgan fingerprint density at radius 1 is 1.08 bits per heavy atom. The van der Waals surface area contributed by atoms with Gasteiger partial charge in [-0.15, -0.1) is 5.10 Å². The fourth-order valence-electron chi connectivity index (χ4n) is 2.14. The number of carbonyl (C=O) groups is 1. The molecule has 0 amide bonds. The summed E-state index contributed by atoms with van der Waals surface area (Å²) in [5.41, 5.74) is 1.97. The molecule has 1 aromatic heterocycles. The molecule has 8 heteroatoms. The van der Waals surface area contributed by atoms with Crippen LogP contribution < -0.4 is 4.74 Å². The van der Waals surface area contributed by atoms with E-state index in [4.69, 9.17) is 33.0 Å². The maximum Gasteiger partial charge on any atom is 0.356 e. The zero-order valence-corrected chi connectivity index (χ0v) is 13.7. The molecule has 0 saturated heterocycles. The van der Waals surface area contributed by atoms with Gasteiger partial charge in [-0.3, -0.25) is 5.10 Å². The van der Waals surface area contributed by atoms with E-state index < -0.39 is 5.97 Å². The average molecular weight is 364 g/mol. The van der Waals surface area contributed by atoms with E-state index in [2.05, 4.69) is 15.4 Å². The molecule has 122 valence electrons. The molecule has 0 aliphatic carbocycles. The molecule has 0 fully saturated rings. The second-order valence-electron chi connectivity index (χ2n) is 4.91. The van der Waals surface area contributed by atoms with Crippen LogP contribution in [-0.4, -0.2) is 26.5 Å². The molecule has 0 spiro atoms. The van der Waals surface area contributed by atoms with Crippen molar-refractivity contribution in [1.82, 2.24) is 15.4 Å². The van der Waals surface area contributed by atoms with Gasteiger partial charge < -0.3 is 9.84 Å². The number of nitrogens with zero attached hydrogens (tertiary/aromatic N) is 2. The number of hydrogen-bond donors (Lipinski definition) is 2. The third-order valence-corrected chi connectivity index (χ3v) is 3.70. The van der Waals surface area contributed by atoms with Crippen LogP contribution in [-0.2, 0) is 6.61 Å². The highest BCUT2D eigenvalue weighted by molar-refractivity contribution is 6.35. The first-order valence-electron chi connectivity index (χ1n) is 6.85. The van der Waals surface area contributed by atoms with Crippen LogP contribution in [0.15, 0.2) is 42.5 Å². The Balaban J connectivity index is 1.73. The minimum absolute atomic E-state index is 0.000470. The number of benzene rings is 2. The number of rotatable bonds is 5. The lowest BCUT2D eigenvalue weighted by Crippen LogP contribution is -2.05. The first-order chi connectivity index (χ1) is 11.5. The summed E-state index contributed by atoms with van der Waals surface area (Å²) in [5, 5.41) is 19.6. The fraction of sp³-hybridized carbons (Fsp3) is 0.0625. The van der Waals surface area contributed by atoms with Crippen molar-refractivity contribution in [2.45, 2.75) is 6.61 Å². The summed E-state index contributed by atoms with van der Waals surface area (Å²) in [6.07, 6.45) is 0. The molecule has 0 aliphatic rings. The molecule has 0 bridgehead atoms. The van der Waals surface area contributed by atoms with E-state index >= 15 is 0 Å². The third-order valence-electron chi connectivity index (χ3n) is 3.26. The monoisotopic (exact) mass is 363 g/mol. The van der Waals surface area contributed by atoms with E-state index in [1.165, 1.54) is 0 Å². The zero-order chi connectivity index (χ0) is 17.1. The van der Waals surface area contributed by atoms with E-state index in [0.717, 1.165) is 11.1 Å². The van der Waals surface area contributed by atoms with Crippen molar-refractivity contribution >= 4 is 29.2 Å². The summed E-state index contributed by atoms with van der Waals surface area (Å²) in [6.45, 7) is 0.000470. The number of halogens is 2. The van der Waals surface area contributed by atoms with Gasteiger partial charge in [-0.25, -0.2) is 4.79 Å². The van der Waals surface area contributed by atoms with Gasteiger partial charge in [0, 0.05) is 10.0 Å². The summed E-state index contributed by atoms with van der Waals surface area (Å²) in [5.74, 6) is -0.557. The highest BCUT2D eigenvalue weighted by Crippen LogP contribution is 2.28. The third kappa shape index (κ3) is 3.67. The number of nitrogens with one attached hydrogen (secondary N) is 1. The molecule has 2 N–H and O–H groups in total. The lowest BCUT2D eigenvalue weighted by Gasteiger charge is -2.07. The average Bonchev–Trinajstić information content (AvgIpc) is 3.01. The van der Waals surface area contributed by atoms with E-state index in [1.54, 1.807) is 18.2 Å². The van der Waals surface area contributed by atoms with Crippen molar-refractivity contribution in [3.63, 3.8) is 0 Å². The Hall–Kier alpha value is -2.57. The second kappa shape index (κ2) is 6.90. The zero-order valence-electron chi connectivity index (χ0n) is 12.2. The lowest BCUT2D eigenvalue weighted by atomic mass is 10.1. The van der Waals surface area contributed by atoms with E-state index in [9.17, 15) is 4.79 Å². The Labute approximate surface area is 147 Å². The smallest absolute Gasteiger partial charge is 0.356 e. The van der Waals surface area contributed by atoms with Crippen molar-refractivity contribution in [1.29, 1.82) is 0 Å². The quantitative estimate of drug-likeness (QED) is 0.713. The van der Waals surface area contributed by atoms with Crippen LogP contribution in [0.2, 0.25) is 10.0 Å². The molecule has 0 unspecified atom stereocenters. The Bertz CT molecular complexity index is 858. The molecule has 1 heterocycles. The van der Waals surface area contributed by atoms with Gasteiger partial charge in [0.25, 0.3) is 0 Å². The van der Waals surface area contributed by atoms with Gasteiger partial charge in [-0.05, 0) is 41.5 Å². The van der Waals surface area contributed by atoms with Crippen molar-refractivity contribution in [3.05, 3.63) is 63.9 Å². The number of ether oxygens (including phenoxy) is 1. The van der Waals surface area contributed by atoms with Crippen LogP contribution in [0.25, 0.3) is 11.1 Å². The van der Waals surface area contributed by atoms with E-state index in [-0.39, 0.29) is 18.0 Å². The molecule has 3 rings (SSSR count). The summed E-state index contributed by atoms with van der Waals surface area (Å²) in [6, 6.07) is 12.6. The van der Waals surface area contributed by atoms with Crippen LogP contribution in [0.5, 0.6) is 5.75 Å². The summed E-state index contributed by atoms with van der Waals surface area (Å²) >= 11 is 12.0. The van der Waals surface area contributed by atoms with Crippen LogP contribution in [0, 0.1) is 0 Å². The van der Waals surface area contributed by atoms with Gasteiger partial charge in [0.2, 0.25) is 0 Å². The first kappa shape index (κ1) is 16.3. The highest BCUT2D eigenvalue weighted by atomic mass is 35.5. The predicted molar refractivity (Wildman–Crippen MR) is 89.6 cm³/mol. The number of aromatic nitrogens is 3. The van der Waals surface area contributed by atoms with Gasteiger partial charge in [-0.2, -0.15) is 0 Å². The molecule has 6 nitrogen and oxygen atoms in total. The summed E-state index contributed by atoms with van der Waals surface area (Å²) in [4.78, 5) is 11.0. The molecular formula is C16H11Cl2N3O3. The number of carboxylic acid groups (broad SMARTS) is 1. The standard InChI is InChI=1S/C16H11Cl2N3O3/c17-11-5-10(6-12(18)7-11)9-1-3-13(4-2-9)24-8-14-15(16(22)23)20-21-19-14/h1-7H,8H2,(H,22,23)(H,19,20,21). The molecule has 0 saturated carbocycles. The summed E-state index contributed by atoms with van der Waals surface area (Å²) in [7, 11) is 0. The number of aromatic carboxylic acids is 1. The number of hydrogen-bond acceptors (Lipinski definition) is 4. The van der Waals surface area contributed by atoms with Gasteiger partial charge in [-0.1, -0.05) is 40.5 Å². The molecule has 3 aromatic rings. The SMILES string of the molecule is O=C(O)c1[nH]nnc1COc1ccc(-c2cc(Cl)cc(Cl)c2)cc1. The minimum Gasteiger partial charge on any atom is -0.487 e. The highest BCUT2D eigenvalue weighted by Gasteiger charge is 2.14. The molecule has 0 atom stereocenters. The van der Waals surface area contributed by atoms with Gasteiger partial charge in [0.1, 0.15) is 18.1 Å². The topological polar surface area (TPSA) is 88.1 Å². The molecule has 24 heavy (non-hydrogen) atoms. The minimum atomic E-state index is -1.13. The normalized spacial score (nSPS) is 10.6. The Kier molecular flexibility index (Phi) is 4.69. The first-order valence-corrected chi connectivity index (χ1v) is 7.61. The van der Waals surface area contributed by atoms with E-state index in [1.807, 2.05) is 24.3 Å². The Morgan fingerprint density at radius 2 is 1.75 bits per heavy atom. The van der Waals surface area contributed by atoms with Crippen molar-refractivity contribution in [2.75, 3.05) is 0 Å². The molecular weight excluding hydrogens is 353 g/mol. The fourth-order valence-corrected chi connectivity index (χ4v) is 2.66. The van der Waals surface area contributed by atoms with Crippen LogP contribution in [0.1, 0.15) is 16.2 Å². The molecule has 0 aliphatic heterocycles. The Morgan fingerprint density at radius 3 is 2.38 bits per heavy atom. The molecule has 0 radical (unpaired) electrons. The van der Waals surface area contributed by atoms with Gasteiger partial charge in [0.15, 0.2) is 5.69 Å². The maximum atomic E-state index is 11.0. The largest absolute Gasteiger partial charge is 0.487 e. The van der Waals surface area contributed by atoms with Gasteiger partial charge >= 0.3 is 5.97 Å². The predicted octanol–water partition coefficient (Wildman–Crippen LogP) is 4.06. The van der Waals surface area contributed by atoms with Gasteiger partial charge in [0.05, 0.1) is 0 Å². The number of H-pyrrole nitrogens is 1. The van der Waals surface area contributed by atoms with Crippen LogP contribution >= 0.6 is 23.2 Å². The maximum absolute atomic E-state index is 11.0. The number of carboxylic acids is 1. The summed E-state index contributed by atoms with van der Waals surface area (Å²) < 4.78 is 5.54. The van der Waals surface area contributed by atoms with Crippen LogP contribution in [0.4, 0.5) is 0 Å². The molecule has 2 aromatic carbocycles. The van der Waals surface area contributed by atoms with Crippen molar-refractivity contribution in [3.8, 4) is 16.9 Å². The van der Waals surface area contributed by atoms with Crippen LogP contribution in [0.3, 0.4) is 0 Å².